The Morgan fingerprint density at radius 2 is 1.79 bits per heavy atom. The number of carbonyl (C=O) groups is 1. The summed E-state index contributed by atoms with van der Waals surface area (Å²) in [6, 6.07) is 10.8. The lowest BCUT2D eigenvalue weighted by Crippen LogP contribution is -2.09. The second-order valence-electron chi connectivity index (χ2n) is 3.78. The summed E-state index contributed by atoms with van der Waals surface area (Å²) in [6.07, 6.45) is 0.728. The highest BCUT2D eigenvalue weighted by Gasteiger charge is 2.04. The van der Waals surface area contributed by atoms with E-state index in [-0.39, 0.29) is 16.6 Å². The summed E-state index contributed by atoms with van der Waals surface area (Å²) in [7, 11) is 0. The summed E-state index contributed by atoms with van der Waals surface area (Å²) in [5.41, 5.74) is 6.10. The van der Waals surface area contributed by atoms with Gasteiger partial charge in [-0.25, -0.2) is 0 Å². The maximum atomic E-state index is 10.9. The molecule has 0 amide bonds. The molecular formula is C13H11N2O4-. The number of anilines is 2. The Labute approximate surface area is 109 Å². The fraction of sp³-hybridized carbons (Fsp3) is 0. The highest BCUT2D eigenvalue weighted by Crippen LogP contribution is 2.29. The van der Waals surface area contributed by atoms with Crippen molar-refractivity contribution in [3.63, 3.8) is 0 Å². The Hall–Kier alpha value is -2.57. The molecule has 0 aromatic heterocycles. The molecule has 0 bridgehead atoms. The Balaban J connectivity index is 2.22. The van der Waals surface area contributed by atoms with Gasteiger partial charge in [0.05, 0.1) is 11.4 Å². The Morgan fingerprint density at radius 3 is 2.37 bits per heavy atom. The van der Waals surface area contributed by atoms with Gasteiger partial charge in [-0.2, -0.15) is 0 Å². The van der Waals surface area contributed by atoms with Crippen LogP contribution >= 0.6 is 0 Å². The minimum absolute atomic E-state index is 0.0954. The van der Waals surface area contributed by atoms with Gasteiger partial charge in [0.25, 0.3) is 0 Å². The van der Waals surface area contributed by atoms with Gasteiger partial charge in [-0.05, 0) is 36.4 Å². The fourth-order valence-electron chi connectivity index (χ4n) is 1.50. The van der Waals surface area contributed by atoms with E-state index in [4.69, 9.17) is 15.7 Å². The van der Waals surface area contributed by atoms with Gasteiger partial charge in [0.15, 0.2) is 0 Å². The summed E-state index contributed by atoms with van der Waals surface area (Å²) < 4.78 is 5.48. The van der Waals surface area contributed by atoms with Crippen molar-refractivity contribution in [2.24, 2.45) is 0 Å². The molecule has 0 fully saturated rings. The zero-order chi connectivity index (χ0) is 13.8. The molecule has 2 aromatic rings. The van der Waals surface area contributed by atoms with Gasteiger partial charge in [-0.3, -0.25) is 10.0 Å². The summed E-state index contributed by atoms with van der Waals surface area (Å²) in [5.74, 6) is 0.842. The normalized spacial score (nSPS) is 10.0. The maximum absolute atomic E-state index is 10.9. The van der Waals surface area contributed by atoms with Gasteiger partial charge in [0.2, 0.25) is 0 Å². The van der Waals surface area contributed by atoms with Gasteiger partial charge in [0.1, 0.15) is 17.8 Å². The first-order valence-electron chi connectivity index (χ1n) is 5.39. The lowest BCUT2D eigenvalue weighted by Gasteiger charge is -2.23. The molecule has 6 nitrogen and oxygen atoms in total. The molecule has 19 heavy (non-hydrogen) atoms. The van der Waals surface area contributed by atoms with E-state index in [1.165, 1.54) is 12.1 Å². The molecule has 2 rings (SSSR count). The number of rotatable bonds is 4. The first kappa shape index (κ1) is 12.9. The van der Waals surface area contributed by atoms with Crippen molar-refractivity contribution in [2.75, 3.05) is 11.0 Å². The summed E-state index contributed by atoms with van der Waals surface area (Å²) in [5, 5.41) is 19.4. The quantitative estimate of drug-likeness (QED) is 0.497. The summed E-state index contributed by atoms with van der Waals surface area (Å²) >= 11 is 0. The van der Waals surface area contributed by atoms with Crippen molar-refractivity contribution >= 4 is 17.7 Å². The Kier molecular flexibility index (Phi) is 3.65. The van der Waals surface area contributed by atoms with Crippen molar-refractivity contribution < 1.29 is 14.7 Å². The maximum Gasteiger partial charge on any atom is 0.150 e. The SMILES string of the molecule is Nc1ccc(Oc2ccc(C=O)cc2)cc1N([O-])O. The van der Waals surface area contributed by atoms with Crippen molar-refractivity contribution in [1.82, 2.24) is 0 Å². The molecule has 0 saturated heterocycles. The first-order valence-corrected chi connectivity index (χ1v) is 5.39. The second kappa shape index (κ2) is 5.38. The van der Waals surface area contributed by atoms with E-state index in [2.05, 4.69) is 0 Å². The van der Waals surface area contributed by atoms with E-state index in [1.807, 2.05) is 0 Å². The molecule has 0 aliphatic rings. The molecule has 0 saturated carbocycles. The molecular weight excluding hydrogens is 248 g/mol. The Bertz CT molecular complexity index is 582. The van der Waals surface area contributed by atoms with Crippen LogP contribution in [0.4, 0.5) is 11.4 Å². The van der Waals surface area contributed by atoms with Crippen LogP contribution in [0.3, 0.4) is 0 Å². The minimum Gasteiger partial charge on any atom is -0.733 e. The Morgan fingerprint density at radius 1 is 1.16 bits per heavy atom. The van der Waals surface area contributed by atoms with Gasteiger partial charge >= 0.3 is 0 Å². The molecule has 2 aromatic carbocycles. The van der Waals surface area contributed by atoms with E-state index >= 15 is 0 Å². The van der Waals surface area contributed by atoms with E-state index in [1.54, 1.807) is 30.3 Å². The van der Waals surface area contributed by atoms with Crippen LogP contribution in [0.15, 0.2) is 42.5 Å². The molecule has 0 atom stereocenters. The molecule has 3 N–H and O–H groups in total. The molecule has 98 valence electrons. The van der Waals surface area contributed by atoms with Gasteiger partial charge in [0, 0.05) is 11.6 Å². The molecule has 0 aliphatic carbocycles. The van der Waals surface area contributed by atoms with Crippen LogP contribution in [0.1, 0.15) is 10.4 Å². The average molecular weight is 259 g/mol. The van der Waals surface area contributed by atoms with Crippen LogP contribution in [-0.2, 0) is 0 Å². The number of nitrogen functional groups attached to an aromatic ring is 1. The molecule has 0 radical (unpaired) electrons. The predicted molar refractivity (Wildman–Crippen MR) is 70.4 cm³/mol. The lowest BCUT2D eigenvalue weighted by atomic mass is 10.2. The van der Waals surface area contributed by atoms with E-state index < -0.39 is 0 Å². The molecule has 0 spiro atoms. The fourth-order valence-corrected chi connectivity index (χ4v) is 1.50. The smallest absolute Gasteiger partial charge is 0.150 e. The highest BCUT2D eigenvalue weighted by molar-refractivity contribution is 5.75. The van der Waals surface area contributed by atoms with Gasteiger partial charge in [-0.15, -0.1) is 0 Å². The summed E-state index contributed by atoms with van der Waals surface area (Å²) in [4.78, 5) is 10.5. The number of hydrogen-bond donors (Lipinski definition) is 2. The number of nitrogens with two attached hydrogens (primary N) is 1. The third kappa shape index (κ3) is 3.01. The number of aldehydes is 1. The van der Waals surface area contributed by atoms with Crippen LogP contribution in [0, 0.1) is 5.21 Å². The van der Waals surface area contributed by atoms with E-state index in [0.717, 1.165) is 6.29 Å². The van der Waals surface area contributed by atoms with Crippen LogP contribution in [-0.4, -0.2) is 11.5 Å². The highest BCUT2D eigenvalue weighted by atomic mass is 16.8. The van der Waals surface area contributed by atoms with Crippen LogP contribution in [0.25, 0.3) is 0 Å². The molecule has 0 heterocycles. The van der Waals surface area contributed by atoms with Crippen LogP contribution in [0.5, 0.6) is 11.5 Å². The number of carbonyl (C=O) groups excluding carboxylic acids is 1. The van der Waals surface area contributed by atoms with E-state index in [9.17, 15) is 10.0 Å². The number of hydrogen-bond acceptors (Lipinski definition) is 6. The van der Waals surface area contributed by atoms with Gasteiger partial charge < -0.3 is 20.9 Å². The van der Waals surface area contributed by atoms with E-state index in [0.29, 0.717) is 17.1 Å². The molecule has 0 unspecified atom stereocenters. The third-order valence-corrected chi connectivity index (χ3v) is 2.46. The van der Waals surface area contributed by atoms with Crippen molar-refractivity contribution in [2.45, 2.75) is 0 Å². The summed E-state index contributed by atoms with van der Waals surface area (Å²) in [6.45, 7) is 0. The molecule has 0 aliphatic heterocycles. The van der Waals surface area contributed by atoms with Gasteiger partial charge in [-0.1, -0.05) is 0 Å². The zero-order valence-electron chi connectivity index (χ0n) is 9.82. The zero-order valence-corrected chi connectivity index (χ0v) is 9.82. The lowest BCUT2D eigenvalue weighted by molar-refractivity contribution is 0.112. The largest absolute Gasteiger partial charge is 0.733 e. The topological polar surface area (TPSA) is 98.9 Å². The van der Waals surface area contributed by atoms with Crippen molar-refractivity contribution in [1.29, 1.82) is 0 Å². The van der Waals surface area contributed by atoms with Crippen LogP contribution in [0.2, 0.25) is 0 Å². The molecule has 6 heteroatoms. The minimum atomic E-state index is -0.322. The van der Waals surface area contributed by atoms with Crippen molar-refractivity contribution in [3.05, 3.63) is 53.2 Å². The van der Waals surface area contributed by atoms with Crippen LogP contribution < -0.4 is 15.7 Å². The number of ether oxygens (including phenoxy) is 1. The number of nitrogens with zero attached hydrogens (tertiary/aromatic N) is 1. The standard InChI is InChI=1S/C13H11N2O4/c14-12-6-5-11(7-13(12)15(17)18)19-10-3-1-9(8-16)2-4-10/h1-8,17H,14H2/q-1. The first-order chi connectivity index (χ1) is 9.10. The third-order valence-electron chi connectivity index (χ3n) is 2.46. The number of benzene rings is 2. The average Bonchev–Trinajstić information content (AvgIpc) is 2.41. The van der Waals surface area contributed by atoms with Crippen molar-refractivity contribution in [3.8, 4) is 11.5 Å². The second-order valence-corrected chi connectivity index (χ2v) is 3.78. The predicted octanol–water partition coefficient (Wildman–Crippen LogP) is 2.57. The monoisotopic (exact) mass is 259 g/mol.